The second-order valence-corrected chi connectivity index (χ2v) is 12.3. The topological polar surface area (TPSA) is 195 Å². The number of carbonyl (C=O) groups is 3. The first-order valence-corrected chi connectivity index (χ1v) is 16.4. The van der Waals surface area contributed by atoms with Gasteiger partial charge < -0.3 is 34.9 Å². The lowest BCUT2D eigenvalue weighted by molar-refractivity contribution is -0.757. The largest absolute Gasteiger partial charge is 0.491 e. The number of unbranched alkanes of at least 4 members (excludes halogenated alkanes) is 2. The molecule has 13 nitrogen and oxygen atoms in total. The van der Waals surface area contributed by atoms with Crippen molar-refractivity contribution in [1.82, 2.24) is 5.32 Å². The first-order chi connectivity index (χ1) is 22.0. The van der Waals surface area contributed by atoms with Gasteiger partial charge in [0.15, 0.2) is 5.12 Å². The van der Waals surface area contributed by atoms with E-state index in [0.717, 1.165) is 11.8 Å². The first-order valence-electron chi connectivity index (χ1n) is 15.1. The number of hydrogen-bond acceptors (Lipinski definition) is 12. The van der Waals surface area contributed by atoms with Crippen molar-refractivity contribution in [3.05, 3.63) is 63.7 Å². The predicted molar refractivity (Wildman–Crippen MR) is 172 cm³/mol. The van der Waals surface area contributed by atoms with Crippen LogP contribution in [0.25, 0.3) is 0 Å². The Kier molecular flexibility index (Phi) is 18.3. The molecule has 0 aliphatic heterocycles. The molecule has 1 aliphatic rings. The Morgan fingerprint density at radius 3 is 2.65 bits per heavy atom. The van der Waals surface area contributed by atoms with Crippen LogP contribution in [0.1, 0.15) is 51.9 Å². The lowest BCUT2D eigenvalue weighted by Gasteiger charge is -2.19. The molecular weight excluding hydrogens is 644 g/mol. The maximum atomic E-state index is 12.4. The zero-order chi connectivity index (χ0) is 33.9. The molecule has 2 rings (SSSR count). The van der Waals surface area contributed by atoms with Crippen molar-refractivity contribution in [1.29, 1.82) is 0 Å². The average Bonchev–Trinajstić information content (AvgIpc) is 3.27. The van der Waals surface area contributed by atoms with Crippen molar-refractivity contribution in [2.45, 2.75) is 76.2 Å². The third-order valence-corrected chi connectivity index (χ3v) is 8.33. The van der Waals surface area contributed by atoms with Crippen LogP contribution < -0.4 is 10.1 Å². The Bertz CT molecular complexity index is 1180. The number of amides is 1. The quantitative estimate of drug-likeness (QED) is 0.0485. The molecule has 0 aromatic heterocycles. The van der Waals surface area contributed by atoms with E-state index in [1.165, 1.54) is 6.92 Å². The van der Waals surface area contributed by atoms with Gasteiger partial charge in [-0.25, -0.2) is 4.79 Å². The highest BCUT2D eigenvalue weighted by Gasteiger charge is 2.39. The second kappa shape index (κ2) is 21.6. The second-order valence-electron chi connectivity index (χ2n) is 10.8. The molecule has 46 heavy (non-hydrogen) atoms. The van der Waals surface area contributed by atoms with Crippen LogP contribution in [0.3, 0.4) is 0 Å². The number of allylic oxidation sites excluding steroid dienone is 2. The fraction of sp³-hybridized carbons (Fsp3) is 0.581. The molecule has 6 atom stereocenters. The first kappa shape index (κ1) is 39.0. The molecule has 15 heteroatoms. The Morgan fingerprint density at radius 2 is 1.93 bits per heavy atom. The van der Waals surface area contributed by atoms with E-state index in [2.05, 4.69) is 10.2 Å². The number of esters is 1. The van der Waals surface area contributed by atoms with Gasteiger partial charge in [0.05, 0.1) is 25.4 Å². The van der Waals surface area contributed by atoms with Gasteiger partial charge in [-0.1, -0.05) is 53.7 Å². The zero-order valence-electron chi connectivity index (χ0n) is 25.7. The van der Waals surface area contributed by atoms with Crippen LogP contribution in [0.4, 0.5) is 0 Å². The number of nitrogens with one attached hydrogen (secondary N) is 1. The summed E-state index contributed by atoms with van der Waals surface area (Å²) in [5, 5.41) is 43.3. The van der Waals surface area contributed by atoms with Crippen molar-refractivity contribution in [2.24, 2.45) is 11.8 Å². The van der Waals surface area contributed by atoms with E-state index >= 15 is 0 Å². The molecular formula is C31H43ClN2O11S. The van der Waals surface area contributed by atoms with Crippen molar-refractivity contribution in [2.75, 3.05) is 25.6 Å². The Morgan fingerprint density at radius 1 is 1.17 bits per heavy atom. The van der Waals surface area contributed by atoms with Crippen LogP contribution in [0, 0.1) is 22.0 Å². The van der Waals surface area contributed by atoms with Gasteiger partial charge in [-0.2, -0.15) is 0 Å². The maximum Gasteiger partial charge on any atom is 0.329 e. The van der Waals surface area contributed by atoms with Crippen LogP contribution in [0.2, 0.25) is 5.02 Å². The minimum absolute atomic E-state index is 0.00342. The van der Waals surface area contributed by atoms with Crippen LogP contribution in [-0.2, 0) is 24.0 Å². The Labute approximate surface area is 277 Å². The summed E-state index contributed by atoms with van der Waals surface area (Å²) in [5.41, 5.74) is 0. The molecule has 4 N–H and O–H groups in total. The minimum atomic E-state index is -1.01. The molecule has 0 saturated heterocycles. The van der Waals surface area contributed by atoms with Crippen LogP contribution in [0.15, 0.2) is 48.6 Å². The number of nitrogens with zero attached hydrogens (tertiary/aromatic N) is 1. The van der Waals surface area contributed by atoms with Crippen molar-refractivity contribution >= 4 is 40.4 Å². The van der Waals surface area contributed by atoms with Crippen molar-refractivity contribution in [3.8, 4) is 5.75 Å². The fourth-order valence-electron chi connectivity index (χ4n) is 4.77. The third kappa shape index (κ3) is 15.9. The highest BCUT2D eigenvalue weighted by atomic mass is 35.5. The summed E-state index contributed by atoms with van der Waals surface area (Å²) in [5.74, 6) is -1.18. The molecule has 1 saturated carbocycles. The van der Waals surface area contributed by atoms with Crippen molar-refractivity contribution < 1.29 is 49.1 Å². The van der Waals surface area contributed by atoms with E-state index in [9.17, 15) is 39.8 Å². The molecule has 0 spiro atoms. The molecule has 1 aliphatic carbocycles. The van der Waals surface area contributed by atoms with Gasteiger partial charge in [0.1, 0.15) is 24.5 Å². The molecule has 256 valence electrons. The number of halogens is 1. The summed E-state index contributed by atoms with van der Waals surface area (Å²) < 4.78 is 10.7. The summed E-state index contributed by atoms with van der Waals surface area (Å²) in [7, 11) is 0. The highest BCUT2D eigenvalue weighted by Crippen LogP contribution is 2.36. The molecule has 1 amide bonds. The zero-order valence-corrected chi connectivity index (χ0v) is 27.3. The molecule has 0 heterocycles. The number of hydrogen-bond donors (Lipinski definition) is 4. The summed E-state index contributed by atoms with van der Waals surface area (Å²) in [6.07, 6.45) is 7.57. The summed E-state index contributed by atoms with van der Waals surface area (Å²) >= 11 is 6.87. The van der Waals surface area contributed by atoms with Crippen LogP contribution in [0.5, 0.6) is 5.75 Å². The Balaban J connectivity index is 1.70. The number of thioether (sulfide) groups is 1. The normalized spacial score (nSPS) is 20.8. The van der Waals surface area contributed by atoms with E-state index in [1.54, 1.807) is 36.4 Å². The van der Waals surface area contributed by atoms with Gasteiger partial charge in [-0.3, -0.25) is 9.59 Å². The standard InChI is InChI=1S/C31H43ClN2O11S/c1-21(35)33-27(31(40)43-15-6-7-16-45-34(41)42)20-46-30(39)12-5-3-2-4-11-25-26(29(38)18-28(25)37)14-13-23(36)19-44-24-10-8-9-22(32)17-24/h2,4,8-10,13-14,17,23,25-29,36-38H,3,5-7,11-12,15-16,18-20H2,1H3,(H,33,35)/b4-2-,14-13+/t23-,25-,26-,27?,28+,29-/m1/s1. The summed E-state index contributed by atoms with van der Waals surface area (Å²) in [4.78, 5) is 50.5. The number of aliphatic hydroxyl groups is 3. The lowest BCUT2D eigenvalue weighted by Crippen LogP contribution is -2.43. The van der Waals surface area contributed by atoms with E-state index in [4.69, 9.17) is 21.1 Å². The average molecular weight is 687 g/mol. The maximum absolute atomic E-state index is 12.4. The number of benzene rings is 1. The fourth-order valence-corrected chi connectivity index (χ4v) is 5.81. The van der Waals surface area contributed by atoms with Crippen LogP contribution in [-0.4, -0.2) is 87.3 Å². The van der Waals surface area contributed by atoms with E-state index in [-0.39, 0.29) is 55.4 Å². The van der Waals surface area contributed by atoms with E-state index in [0.29, 0.717) is 42.9 Å². The predicted octanol–water partition coefficient (Wildman–Crippen LogP) is 3.41. The summed E-state index contributed by atoms with van der Waals surface area (Å²) in [6, 6.07) is 5.83. The molecule has 0 radical (unpaired) electrons. The van der Waals surface area contributed by atoms with E-state index in [1.807, 2.05) is 12.2 Å². The number of ether oxygens (including phenoxy) is 2. The van der Waals surface area contributed by atoms with Crippen LogP contribution >= 0.6 is 23.4 Å². The molecule has 1 aromatic rings. The smallest absolute Gasteiger partial charge is 0.329 e. The van der Waals surface area contributed by atoms with E-state index < -0.39 is 41.3 Å². The van der Waals surface area contributed by atoms with Gasteiger partial charge in [-0.15, -0.1) is 10.1 Å². The third-order valence-electron chi connectivity index (χ3n) is 7.07. The van der Waals surface area contributed by atoms with Crippen molar-refractivity contribution in [3.63, 3.8) is 0 Å². The van der Waals surface area contributed by atoms with Gasteiger partial charge in [0.25, 0.3) is 5.09 Å². The Hall–Kier alpha value is -3.17. The lowest BCUT2D eigenvalue weighted by atomic mass is 9.89. The number of aliphatic hydroxyl groups excluding tert-OH is 3. The monoisotopic (exact) mass is 686 g/mol. The number of carbonyl (C=O) groups excluding carboxylic acids is 3. The van der Waals surface area contributed by atoms with Gasteiger partial charge >= 0.3 is 5.97 Å². The molecule has 1 fully saturated rings. The SMILES string of the molecule is CC(=O)NC(CSC(=O)CCC/C=C\C[C@@H]1[C@@H](/C=C/[C@@H](O)COc2cccc(Cl)c2)[C@H](O)C[C@@H]1O)C(=O)OCCCCO[N+](=O)[O-]. The number of rotatable bonds is 21. The molecule has 1 aromatic carbocycles. The van der Waals surface area contributed by atoms with Gasteiger partial charge in [-0.05, 0) is 56.2 Å². The summed E-state index contributed by atoms with van der Waals surface area (Å²) in [6.45, 7) is 1.14. The van der Waals surface area contributed by atoms with Gasteiger partial charge in [0, 0.05) is 36.5 Å². The van der Waals surface area contributed by atoms with Gasteiger partial charge in [0.2, 0.25) is 5.91 Å². The molecule has 0 bridgehead atoms. The highest BCUT2D eigenvalue weighted by molar-refractivity contribution is 8.13. The molecule has 1 unspecified atom stereocenters. The minimum Gasteiger partial charge on any atom is -0.491 e.